The zero-order valence-electron chi connectivity index (χ0n) is 22.8. The molecule has 0 saturated heterocycles. The molecule has 0 spiro atoms. The van der Waals surface area contributed by atoms with Gasteiger partial charge in [0.1, 0.15) is 12.3 Å². The zero-order valence-corrected chi connectivity index (χ0v) is 22.8. The van der Waals surface area contributed by atoms with Crippen LogP contribution in [-0.4, -0.2) is 75.5 Å². The van der Waals surface area contributed by atoms with E-state index in [1.54, 1.807) is 6.92 Å². The lowest BCUT2D eigenvalue weighted by Gasteiger charge is -2.26. The van der Waals surface area contributed by atoms with Crippen LogP contribution in [0.15, 0.2) is 0 Å². The Morgan fingerprint density at radius 2 is 1.09 bits per heavy atom. The van der Waals surface area contributed by atoms with Crippen molar-refractivity contribution in [2.24, 2.45) is 0 Å². The van der Waals surface area contributed by atoms with E-state index in [0.29, 0.717) is 6.42 Å². The first kappa shape index (κ1) is 36.4. The van der Waals surface area contributed by atoms with Crippen molar-refractivity contribution in [3.8, 4) is 0 Å². The highest BCUT2D eigenvalue weighted by Crippen LogP contribution is 2.11. The Morgan fingerprint density at radius 1 is 0.667 bits per heavy atom. The molecular formula is C26H56N2O5. The Morgan fingerprint density at radius 3 is 1.39 bits per heavy atom. The van der Waals surface area contributed by atoms with Crippen molar-refractivity contribution in [2.45, 2.75) is 131 Å². The second-order valence-corrected chi connectivity index (χ2v) is 8.34. The molecule has 0 rings (SSSR count). The lowest BCUT2D eigenvalue weighted by Crippen LogP contribution is -2.40. The molecule has 2 unspecified atom stereocenters. The average molecular weight is 477 g/mol. The molecule has 0 bridgehead atoms. The summed E-state index contributed by atoms with van der Waals surface area (Å²) in [6.45, 7) is 17.7. The summed E-state index contributed by atoms with van der Waals surface area (Å²) in [6, 6.07) is -0.281. The van der Waals surface area contributed by atoms with Gasteiger partial charge in [0.15, 0.2) is 0 Å². The molecule has 3 N–H and O–H groups in total. The SMILES string of the molecule is CCCCCCC(C(=O)O)N(CC)CC.CCCCCCCC(=O)O.CCN(CC)C(C)O. The first-order chi connectivity index (χ1) is 15.7. The van der Waals surface area contributed by atoms with Gasteiger partial charge in [-0.2, -0.15) is 0 Å². The number of rotatable bonds is 18. The standard InChI is InChI=1S/C12H25NO2.C8H16O2.C6H15NO/c1-4-7-8-9-10-11(12(14)15)13(5-2)6-3;1-2-3-4-5-6-7-8(9)10;1-4-7(5-2)6(3)8/h11H,4-10H2,1-3H3,(H,14,15);2-7H2,1H3,(H,9,10);6,8H,4-5H2,1-3H3. The Hall–Kier alpha value is -1.18. The molecule has 0 radical (unpaired) electrons. The summed E-state index contributed by atoms with van der Waals surface area (Å²) in [4.78, 5) is 25.1. The Labute approximate surface area is 204 Å². The number of aliphatic hydroxyl groups is 1. The summed E-state index contributed by atoms with van der Waals surface area (Å²) in [6.07, 6.45) is 11.0. The summed E-state index contributed by atoms with van der Waals surface area (Å²) < 4.78 is 0. The molecule has 7 nitrogen and oxygen atoms in total. The molecule has 0 aliphatic rings. The van der Waals surface area contributed by atoms with Gasteiger partial charge in [0.05, 0.1) is 0 Å². The van der Waals surface area contributed by atoms with Crippen LogP contribution in [0.5, 0.6) is 0 Å². The van der Waals surface area contributed by atoms with E-state index >= 15 is 0 Å². The van der Waals surface area contributed by atoms with E-state index in [-0.39, 0.29) is 12.3 Å². The Bertz CT molecular complexity index is 425. The molecule has 0 aliphatic heterocycles. The Balaban J connectivity index is -0.000000435. The maximum absolute atomic E-state index is 11.1. The summed E-state index contributed by atoms with van der Waals surface area (Å²) in [5.74, 6) is -1.34. The monoisotopic (exact) mass is 476 g/mol. The Kier molecular flexibility index (Phi) is 29.8. The van der Waals surface area contributed by atoms with Crippen LogP contribution in [0.2, 0.25) is 0 Å². The van der Waals surface area contributed by atoms with Gasteiger partial charge >= 0.3 is 11.9 Å². The van der Waals surface area contributed by atoms with Gasteiger partial charge in [0.25, 0.3) is 0 Å². The molecule has 0 saturated carbocycles. The average Bonchev–Trinajstić information content (AvgIpc) is 2.77. The fraction of sp³-hybridized carbons (Fsp3) is 0.923. The topological polar surface area (TPSA) is 101 Å². The van der Waals surface area contributed by atoms with Crippen molar-refractivity contribution in [3.63, 3.8) is 0 Å². The predicted octanol–water partition coefficient (Wildman–Crippen LogP) is 5.85. The van der Waals surface area contributed by atoms with Crippen LogP contribution >= 0.6 is 0 Å². The molecule has 0 heterocycles. The fourth-order valence-electron chi connectivity index (χ4n) is 3.52. The number of carboxylic acids is 2. The van der Waals surface area contributed by atoms with Crippen LogP contribution in [0.1, 0.15) is 119 Å². The second kappa shape index (κ2) is 27.1. The van der Waals surface area contributed by atoms with Crippen molar-refractivity contribution in [1.29, 1.82) is 0 Å². The number of nitrogens with zero attached hydrogens (tertiary/aromatic N) is 2. The number of aliphatic carboxylic acids is 2. The number of hydrogen-bond donors (Lipinski definition) is 3. The van der Waals surface area contributed by atoms with E-state index in [1.165, 1.54) is 32.1 Å². The molecule has 0 aromatic rings. The van der Waals surface area contributed by atoms with Crippen molar-refractivity contribution in [2.75, 3.05) is 26.2 Å². The minimum absolute atomic E-state index is 0.281. The second-order valence-electron chi connectivity index (χ2n) is 8.34. The van der Waals surface area contributed by atoms with Crippen LogP contribution in [0, 0.1) is 0 Å². The van der Waals surface area contributed by atoms with E-state index in [9.17, 15) is 9.59 Å². The summed E-state index contributed by atoms with van der Waals surface area (Å²) in [5.41, 5.74) is 0. The summed E-state index contributed by atoms with van der Waals surface area (Å²) in [5, 5.41) is 26.3. The van der Waals surface area contributed by atoms with Crippen LogP contribution in [0.25, 0.3) is 0 Å². The van der Waals surface area contributed by atoms with E-state index in [2.05, 4.69) is 13.8 Å². The molecule has 0 amide bonds. The molecule has 33 heavy (non-hydrogen) atoms. The number of hydrogen-bond acceptors (Lipinski definition) is 5. The van der Waals surface area contributed by atoms with E-state index in [0.717, 1.165) is 58.3 Å². The first-order valence-electron chi connectivity index (χ1n) is 13.3. The number of carbonyl (C=O) groups is 2. The molecule has 200 valence electrons. The molecule has 0 aliphatic carbocycles. The van der Waals surface area contributed by atoms with Crippen molar-refractivity contribution in [1.82, 2.24) is 9.80 Å². The smallest absolute Gasteiger partial charge is 0.320 e. The molecule has 2 atom stereocenters. The van der Waals surface area contributed by atoms with Gasteiger partial charge in [-0.1, -0.05) is 92.9 Å². The third kappa shape index (κ3) is 25.3. The normalized spacial score (nSPS) is 12.4. The largest absolute Gasteiger partial charge is 0.481 e. The molecular weight excluding hydrogens is 420 g/mol. The van der Waals surface area contributed by atoms with Gasteiger partial charge in [-0.05, 0) is 45.9 Å². The maximum atomic E-state index is 11.1. The van der Waals surface area contributed by atoms with Crippen molar-refractivity contribution >= 4 is 11.9 Å². The minimum atomic E-state index is -0.671. The van der Waals surface area contributed by atoms with Gasteiger partial charge in [-0.3, -0.25) is 19.4 Å². The quantitative estimate of drug-likeness (QED) is 0.168. The highest BCUT2D eigenvalue weighted by Gasteiger charge is 2.22. The van der Waals surface area contributed by atoms with E-state index < -0.39 is 11.9 Å². The summed E-state index contributed by atoms with van der Waals surface area (Å²) >= 11 is 0. The van der Waals surface area contributed by atoms with Gasteiger partial charge in [-0.25, -0.2) is 0 Å². The fourth-order valence-corrected chi connectivity index (χ4v) is 3.52. The highest BCUT2D eigenvalue weighted by molar-refractivity contribution is 5.73. The predicted molar refractivity (Wildman–Crippen MR) is 139 cm³/mol. The highest BCUT2D eigenvalue weighted by atomic mass is 16.4. The number of likely N-dealkylation sites (N-methyl/N-ethyl adjacent to an activating group) is 1. The molecule has 0 fully saturated rings. The summed E-state index contributed by atoms with van der Waals surface area (Å²) in [7, 11) is 0. The molecule has 7 heteroatoms. The van der Waals surface area contributed by atoms with Crippen molar-refractivity contribution < 1.29 is 24.9 Å². The lowest BCUT2D eigenvalue weighted by molar-refractivity contribution is -0.143. The maximum Gasteiger partial charge on any atom is 0.320 e. The van der Waals surface area contributed by atoms with Gasteiger partial charge in [0.2, 0.25) is 0 Å². The van der Waals surface area contributed by atoms with Crippen LogP contribution in [-0.2, 0) is 9.59 Å². The third-order valence-electron chi connectivity index (χ3n) is 5.70. The third-order valence-corrected chi connectivity index (χ3v) is 5.70. The van der Waals surface area contributed by atoms with Gasteiger partial charge in [-0.15, -0.1) is 0 Å². The van der Waals surface area contributed by atoms with E-state index in [4.69, 9.17) is 15.3 Å². The lowest BCUT2D eigenvalue weighted by atomic mass is 10.1. The number of carboxylic acid groups (broad SMARTS) is 2. The first-order valence-corrected chi connectivity index (χ1v) is 13.3. The molecule has 0 aromatic carbocycles. The van der Waals surface area contributed by atoms with Gasteiger partial charge in [0, 0.05) is 6.42 Å². The van der Waals surface area contributed by atoms with E-state index in [1.807, 2.05) is 37.5 Å². The van der Waals surface area contributed by atoms with Crippen molar-refractivity contribution in [3.05, 3.63) is 0 Å². The van der Waals surface area contributed by atoms with Crippen LogP contribution in [0.3, 0.4) is 0 Å². The van der Waals surface area contributed by atoms with Gasteiger partial charge < -0.3 is 15.3 Å². The number of aliphatic hydroxyl groups excluding tert-OH is 1. The van der Waals surface area contributed by atoms with Crippen LogP contribution < -0.4 is 0 Å². The minimum Gasteiger partial charge on any atom is -0.481 e. The molecule has 0 aromatic heterocycles. The number of unbranched alkanes of at least 4 members (excludes halogenated alkanes) is 7. The zero-order chi connectivity index (χ0) is 26.1. The van der Waals surface area contributed by atoms with Crippen LogP contribution in [0.4, 0.5) is 0 Å².